The molecule has 25 heavy (non-hydrogen) atoms. The molecule has 1 aliphatic heterocycles. The zero-order valence-corrected chi connectivity index (χ0v) is 15.4. The molecule has 1 aliphatic rings. The second-order valence-electron chi connectivity index (χ2n) is 6.48. The highest BCUT2D eigenvalue weighted by Crippen LogP contribution is 2.35. The van der Waals surface area contributed by atoms with E-state index in [1.54, 1.807) is 17.0 Å². The first-order valence-corrected chi connectivity index (χ1v) is 10.0. The Labute approximate surface area is 148 Å². The molecule has 0 saturated carbocycles. The van der Waals surface area contributed by atoms with Crippen LogP contribution in [0.25, 0.3) is 0 Å². The number of carbonyl (C=O) groups is 1. The second kappa shape index (κ2) is 6.61. The first-order valence-electron chi connectivity index (χ1n) is 8.19. The summed E-state index contributed by atoms with van der Waals surface area (Å²) in [5.74, 6) is -0.225. The minimum absolute atomic E-state index is 0.0101. The van der Waals surface area contributed by atoms with Crippen LogP contribution in [-0.2, 0) is 21.2 Å². The molecule has 2 aromatic rings. The Morgan fingerprint density at radius 3 is 2.36 bits per heavy atom. The van der Waals surface area contributed by atoms with E-state index in [9.17, 15) is 13.2 Å². The van der Waals surface area contributed by atoms with Crippen LogP contribution in [-0.4, -0.2) is 38.0 Å². The van der Waals surface area contributed by atoms with Crippen molar-refractivity contribution >= 4 is 21.6 Å². The van der Waals surface area contributed by atoms with Crippen molar-refractivity contribution in [2.45, 2.75) is 25.4 Å². The number of sulfonamides is 1. The van der Waals surface area contributed by atoms with Gasteiger partial charge in [-0.3, -0.25) is 4.79 Å². The van der Waals surface area contributed by atoms with E-state index in [-0.39, 0.29) is 11.9 Å². The average molecular weight is 358 g/mol. The van der Waals surface area contributed by atoms with Gasteiger partial charge in [0.1, 0.15) is 6.04 Å². The van der Waals surface area contributed by atoms with E-state index >= 15 is 0 Å². The van der Waals surface area contributed by atoms with Gasteiger partial charge in [0.15, 0.2) is 0 Å². The smallest absolute Gasteiger partial charge is 0.250 e. The molecular formula is C19H22N2O3S. The van der Waals surface area contributed by atoms with Crippen LogP contribution >= 0.6 is 0 Å². The van der Waals surface area contributed by atoms with Crippen molar-refractivity contribution in [1.82, 2.24) is 4.31 Å². The molecule has 0 bridgehead atoms. The highest BCUT2D eigenvalue weighted by Gasteiger charge is 2.39. The van der Waals surface area contributed by atoms with E-state index in [0.717, 1.165) is 28.2 Å². The van der Waals surface area contributed by atoms with Gasteiger partial charge in [-0.25, -0.2) is 8.42 Å². The maximum absolute atomic E-state index is 13.4. The molecule has 0 aromatic heterocycles. The van der Waals surface area contributed by atoms with Gasteiger partial charge in [0.25, 0.3) is 0 Å². The summed E-state index contributed by atoms with van der Waals surface area (Å²) in [5, 5.41) is 0. The Hall–Kier alpha value is -2.18. The third kappa shape index (κ3) is 3.32. The van der Waals surface area contributed by atoms with Crippen molar-refractivity contribution in [2.24, 2.45) is 0 Å². The number of likely N-dealkylation sites (N-methyl/N-ethyl adjacent to an activating group) is 1. The van der Waals surface area contributed by atoms with Gasteiger partial charge in [-0.2, -0.15) is 4.31 Å². The van der Waals surface area contributed by atoms with E-state index in [1.807, 2.05) is 49.4 Å². The number of nitrogens with zero attached hydrogens (tertiary/aromatic N) is 2. The number of carbonyl (C=O) groups excluding carboxylic acids is 1. The summed E-state index contributed by atoms with van der Waals surface area (Å²) in [7, 11) is -2.08. The predicted octanol–water partition coefficient (Wildman–Crippen LogP) is 2.60. The first kappa shape index (κ1) is 17.6. The number of amides is 1. The van der Waals surface area contributed by atoms with Crippen LogP contribution in [0, 0.1) is 0 Å². The molecule has 2 atom stereocenters. The minimum Gasteiger partial charge on any atom is -0.307 e. The Balaban J connectivity index is 2.06. The summed E-state index contributed by atoms with van der Waals surface area (Å²) >= 11 is 0. The maximum atomic E-state index is 13.4. The molecule has 0 spiro atoms. The van der Waals surface area contributed by atoms with Crippen LogP contribution in [0.2, 0.25) is 0 Å². The standard InChI is InChI=1S/C19H22N2O3S/c1-14-13-16-11-7-8-12-17(16)21(14)19(22)18(20(2)25(3,23)24)15-9-5-4-6-10-15/h4-12,14,18H,13H2,1-3H3/t14-,18-/m1/s1. The van der Waals surface area contributed by atoms with Crippen LogP contribution in [0.4, 0.5) is 5.69 Å². The van der Waals surface area contributed by atoms with E-state index in [1.165, 1.54) is 7.05 Å². The molecule has 0 unspecified atom stereocenters. The zero-order chi connectivity index (χ0) is 18.2. The van der Waals surface area contributed by atoms with Gasteiger partial charge in [0.05, 0.1) is 6.26 Å². The highest BCUT2D eigenvalue weighted by molar-refractivity contribution is 7.88. The summed E-state index contributed by atoms with van der Waals surface area (Å²) < 4.78 is 25.4. The van der Waals surface area contributed by atoms with Crippen LogP contribution in [0.15, 0.2) is 54.6 Å². The van der Waals surface area contributed by atoms with Crippen molar-refractivity contribution in [3.8, 4) is 0 Å². The molecule has 1 amide bonds. The summed E-state index contributed by atoms with van der Waals surface area (Å²) in [6.45, 7) is 1.99. The van der Waals surface area contributed by atoms with Crippen molar-refractivity contribution in [3.63, 3.8) is 0 Å². The quantitative estimate of drug-likeness (QED) is 0.844. The molecule has 0 aliphatic carbocycles. The molecule has 3 rings (SSSR count). The van der Waals surface area contributed by atoms with Gasteiger partial charge in [-0.15, -0.1) is 0 Å². The van der Waals surface area contributed by atoms with E-state index in [4.69, 9.17) is 0 Å². The molecule has 6 heteroatoms. The van der Waals surface area contributed by atoms with E-state index in [0.29, 0.717) is 5.56 Å². The van der Waals surface area contributed by atoms with Crippen LogP contribution in [0.3, 0.4) is 0 Å². The summed E-state index contributed by atoms with van der Waals surface area (Å²) in [6, 6.07) is 15.9. The first-order chi connectivity index (χ1) is 11.8. The highest BCUT2D eigenvalue weighted by atomic mass is 32.2. The fourth-order valence-corrected chi connectivity index (χ4v) is 3.96. The van der Waals surface area contributed by atoms with E-state index in [2.05, 4.69) is 0 Å². The monoisotopic (exact) mass is 358 g/mol. The van der Waals surface area contributed by atoms with Gasteiger partial charge >= 0.3 is 0 Å². The zero-order valence-electron chi connectivity index (χ0n) is 14.6. The lowest BCUT2D eigenvalue weighted by Gasteiger charge is -2.32. The number of fused-ring (bicyclic) bond motifs is 1. The summed E-state index contributed by atoms with van der Waals surface area (Å²) in [5.41, 5.74) is 2.64. The Morgan fingerprint density at radius 1 is 1.12 bits per heavy atom. The Morgan fingerprint density at radius 2 is 1.72 bits per heavy atom. The van der Waals surface area contributed by atoms with Gasteiger partial charge < -0.3 is 4.90 Å². The summed E-state index contributed by atoms with van der Waals surface area (Å²) in [6.07, 6.45) is 1.89. The number of anilines is 1. The predicted molar refractivity (Wildman–Crippen MR) is 98.9 cm³/mol. The maximum Gasteiger partial charge on any atom is 0.250 e. The molecule has 0 radical (unpaired) electrons. The van der Waals surface area contributed by atoms with Gasteiger partial charge in [0.2, 0.25) is 15.9 Å². The lowest BCUT2D eigenvalue weighted by Crippen LogP contribution is -2.45. The number of benzene rings is 2. The third-order valence-corrected chi connectivity index (χ3v) is 5.94. The van der Waals surface area contributed by atoms with Crippen LogP contribution in [0.1, 0.15) is 24.1 Å². The molecule has 0 fully saturated rings. The SMILES string of the molecule is C[C@@H]1Cc2ccccc2N1C(=O)[C@@H](c1ccccc1)N(C)S(C)(=O)=O. The van der Waals surface area contributed by atoms with Crippen LogP contribution < -0.4 is 4.90 Å². The summed E-state index contributed by atoms with van der Waals surface area (Å²) in [4.78, 5) is 15.2. The molecule has 132 valence electrons. The fraction of sp³-hybridized carbons (Fsp3) is 0.316. The van der Waals surface area contributed by atoms with Gasteiger partial charge in [-0.1, -0.05) is 48.5 Å². The number of hydrogen-bond acceptors (Lipinski definition) is 3. The molecule has 2 aromatic carbocycles. The molecule has 5 nitrogen and oxygen atoms in total. The lowest BCUT2D eigenvalue weighted by atomic mass is 10.1. The average Bonchev–Trinajstić information content (AvgIpc) is 2.90. The Kier molecular flexibility index (Phi) is 4.67. The minimum atomic E-state index is -3.53. The fourth-order valence-electron chi connectivity index (χ4n) is 3.37. The molecule has 0 N–H and O–H groups in total. The molecular weight excluding hydrogens is 336 g/mol. The number of hydrogen-bond donors (Lipinski definition) is 0. The van der Waals surface area contributed by atoms with Crippen molar-refractivity contribution in [3.05, 3.63) is 65.7 Å². The lowest BCUT2D eigenvalue weighted by molar-refractivity contribution is -0.122. The molecule has 1 heterocycles. The van der Waals surface area contributed by atoms with E-state index < -0.39 is 16.1 Å². The largest absolute Gasteiger partial charge is 0.307 e. The Bertz CT molecular complexity index is 881. The number of para-hydroxylation sites is 1. The third-order valence-electron chi connectivity index (χ3n) is 4.68. The normalized spacial score (nSPS) is 18.2. The number of rotatable bonds is 4. The molecule has 0 saturated heterocycles. The second-order valence-corrected chi connectivity index (χ2v) is 8.52. The van der Waals surface area contributed by atoms with Crippen molar-refractivity contribution in [2.75, 3.05) is 18.2 Å². The van der Waals surface area contributed by atoms with Crippen molar-refractivity contribution < 1.29 is 13.2 Å². The van der Waals surface area contributed by atoms with Crippen LogP contribution in [0.5, 0.6) is 0 Å². The van der Waals surface area contributed by atoms with Crippen molar-refractivity contribution in [1.29, 1.82) is 0 Å². The van der Waals surface area contributed by atoms with Gasteiger partial charge in [-0.05, 0) is 30.5 Å². The topological polar surface area (TPSA) is 57.7 Å². The van der Waals surface area contributed by atoms with Gasteiger partial charge in [0, 0.05) is 18.8 Å².